The highest BCUT2D eigenvalue weighted by Crippen LogP contribution is 2.26. The van der Waals surface area contributed by atoms with Gasteiger partial charge in [0.15, 0.2) is 0 Å². The number of nitrogens with two attached hydrogens (primary N) is 1. The van der Waals surface area contributed by atoms with Crippen molar-refractivity contribution in [3.8, 4) is 11.3 Å². The zero-order chi connectivity index (χ0) is 15.5. The van der Waals surface area contributed by atoms with Crippen molar-refractivity contribution in [3.05, 3.63) is 60.3 Å². The Labute approximate surface area is 127 Å². The first-order chi connectivity index (χ1) is 10.7. The van der Waals surface area contributed by atoms with Crippen molar-refractivity contribution in [2.24, 2.45) is 10.8 Å². The van der Waals surface area contributed by atoms with Crippen molar-refractivity contribution in [2.75, 3.05) is 0 Å². The van der Waals surface area contributed by atoms with E-state index in [1.54, 1.807) is 4.52 Å². The minimum absolute atomic E-state index is 0.638. The summed E-state index contributed by atoms with van der Waals surface area (Å²) in [5, 5.41) is 8.66. The summed E-state index contributed by atoms with van der Waals surface area (Å²) in [5.41, 5.74) is 11.5. The molecular formula is C16H15N5O. The Kier molecular flexibility index (Phi) is 3.57. The number of carbonyl (C=O) groups is 1. The second kappa shape index (κ2) is 5.69. The van der Waals surface area contributed by atoms with Crippen LogP contribution in [0.4, 0.5) is 4.79 Å². The zero-order valence-electron chi connectivity index (χ0n) is 12.0. The molecule has 0 atom stereocenters. The molecule has 3 aromatic rings. The molecule has 0 saturated carbocycles. The van der Waals surface area contributed by atoms with Gasteiger partial charge in [0.2, 0.25) is 0 Å². The van der Waals surface area contributed by atoms with Crippen LogP contribution in [0.15, 0.2) is 59.8 Å². The van der Waals surface area contributed by atoms with Gasteiger partial charge in [-0.05, 0) is 19.1 Å². The second-order valence-electron chi connectivity index (χ2n) is 4.79. The Bertz CT molecular complexity index is 851. The van der Waals surface area contributed by atoms with E-state index in [1.165, 1.54) is 0 Å². The summed E-state index contributed by atoms with van der Waals surface area (Å²) in [6.45, 7) is 1.81. The molecule has 6 nitrogen and oxygen atoms in total. The van der Waals surface area contributed by atoms with Gasteiger partial charge in [0.25, 0.3) is 0 Å². The molecule has 0 fully saturated rings. The number of hydrogen-bond acceptors (Lipinski definition) is 3. The van der Waals surface area contributed by atoms with Crippen molar-refractivity contribution < 1.29 is 4.79 Å². The van der Waals surface area contributed by atoms with Gasteiger partial charge in [-0.2, -0.15) is 10.2 Å². The molecule has 0 aliphatic heterocycles. The monoisotopic (exact) mass is 293 g/mol. The number of urea groups is 1. The number of aromatic nitrogens is 2. The van der Waals surface area contributed by atoms with Gasteiger partial charge >= 0.3 is 6.03 Å². The lowest BCUT2D eigenvalue weighted by atomic mass is 10.0. The lowest BCUT2D eigenvalue weighted by Crippen LogP contribution is -2.25. The van der Waals surface area contributed by atoms with Gasteiger partial charge in [0, 0.05) is 11.8 Å². The predicted molar refractivity (Wildman–Crippen MR) is 85.6 cm³/mol. The van der Waals surface area contributed by atoms with E-state index in [9.17, 15) is 4.79 Å². The Morgan fingerprint density at radius 1 is 1.18 bits per heavy atom. The number of nitrogens with zero attached hydrogens (tertiary/aromatic N) is 3. The smallest absolute Gasteiger partial charge is 0.332 e. The Morgan fingerprint density at radius 3 is 2.64 bits per heavy atom. The summed E-state index contributed by atoms with van der Waals surface area (Å²) < 4.78 is 1.79. The summed E-state index contributed by atoms with van der Waals surface area (Å²) in [5.74, 6) is 0. The van der Waals surface area contributed by atoms with E-state index in [1.807, 2.05) is 61.7 Å². The first-order valence-electron chi connectivity index (χ1n) is 6.79. The molecule has 0 radical (unpaired) electrons. The van der Waals surface area contributed by atoms with Crippen LogP contribution in [0.5, 0.6) is 0 Å². The molecule has 2 aromatic heterocycles. The first kappa shape index (κ1) is 13.8. The molecule has 0 saturated heterocycles. The topological polar surface area (TPSA) is 84.8 Å². The van der Waals surface area contributed by atoms with Crippen LogP contribution in [-0.2, 0) is 0 Å². The van der Waals surface area contributed by atoms with Gasteiger partial charge in [-0.3, -0.25) is 0 Å². The Morgan fingerprint density at radius 2 is 1.91 bits per heavy atom. The number of nitrogens with one attached hydrogen (secondary N) is 1. The standard InChI is InChI=1S/C16H15N5O/c1-11(18-19-16(17)22)14-13-9-5-6-10-21(13)20-15(14)12-7-3-2-4-8-12/h2-10H,1H3,(H3,17,19,22)/b18-11+. The van der Waals surface area contributed by atoms with Crippen LogP contribution in [0.1, 0.15) is 12.5 Å². The van der Waals surface area contributed by atoms with Gasteiger partial charge in [0.05, 0.1) is 16.8 Å². The molecule has 0 bridgehead atoms. The number of benzene rings is 1. The quantitative estimate of drug-likeness (QED) is 0.574. The average molecular weight is 293 g/mol. The van der Waals surface area contributed by atoms with Crippen LogP contribution in [0.3, 0.4) is 0 Å². The van der Waals surface area contributed by atoms with Crippen molar-refractivity contribution in [1.82, 2.24) is 15.0 Å². The van der Waals surface area contributed by atoms with E-state index in [0.29, 0.717) is 5.71 Å². The number of primary amides is 1. The maximum Gasteiger partial charge on any atom is 0.332 e. The number of hydrazone groups is 1. The molecule has 110 valence electrons. The van der Waals surface area contributed by atoms with Gasteiger partial charge in [-0.25, -0.2) is 14.7 Å². The molecular weight excluding hydrogens is 278 g/mol. The molecule has 1 aromatic carbocycles. The fourth-order valence-corrected chi connectivity index (χ4v) is 2.35. The Balaban J connectivity index is 2.22. The lowest BCUT2D eigenvalue weighted by Gasteiger charge is -2.03. The highest BCUT2D eigenvalue weighted by Gasteiger charge is 2.16. The van der Waals surface area contributed by atoms with Gasteiger partial charge in [0.1, 0.15) is 5.69 Å². The number of hydrogen-bond donors (Lipinski definition) is 2. The van der Waals surface area contributed by atoms with Crippen molar-refractivity contribution in [3.63, 3.8) is 0 Å². The molecule has 3 rings (SSSR count). The van der Waals surface area contributed by atoms with Crippen LogP contribution < -0.4 is 11.2 Å². The van der Waals surface area contributed by atoms with Crippen LogP contribution in [-0.4, -0.2) is 21.4 Å². The predicted octanol–water partition coefficient (Wildman–Crippen LogP) is 2.39. The summed E-state index contributed by atoms with van der Waals surface area (Å²) in [4.78, 5) is 10.9. The number of pyridine rings is 1. The van der Waals surface area contributed by atoms with Crippen molar-refractivity contribution in [2.45, 2.75) is 6.92 Å². The highest BCUT2D eigenvalue weighted by atomic mass is 16.2. The molecule has 0 spiro atoms. The van der Waals surface area contributed by atoms with Gasteiger partial charge in [-0.1, -0.05) is 36.4 Å². The lowest BCUT2D eigenvalue weighted by molar-refractivity contribution is 0.249. The molecule has 2 heterocycles. The van der Waals surface area contributed by atoms with E-state index in [2.05, 4.69) is 15.6 Å². The third kappa shape index (κ3) is 2.54. The number of carbonyl (C=O) groups excluding carboxylic acids is 1. The molecule has 2 amide bonds. The van der Waals surface area contributed by atoms with E-state index in [4.69, 9.17) is 5.73 Å². The van der Waals surface area contributed by atoms with E-state index in [0.717, 1.165) is 22.3 Å². The van der Waals surface area contributed by atoms with Crippen LogP contribution in [0, 0.1) is 0 Å². The van der Waals surface area contributed by atoms with E-state index >= 15 is 0 Å². The van der Waals surface area contributed by atoms with E-state index in [-0.39, 0.29) is 0 Å². The maximum atomic E-state index is 10.9. The van der Waals surface area contributed by atoms with Crippen molar-refractivity contribution >= 4 is 17.3 Å². The normalized spacial score (nSPS) is 11.6. The summed E-state index contributed by atoms with van der Waals surface area (Å²) >= 11 is 0. The molecule has 0 aliphatic carbocycles. The number of amides is 2. The van der Waals surface area contributed by atoms with Crippen LogP contribution >= 0.6 is 0 Å². The SMILES string of the molecule is C/C(=N\NC(N)=O)c1c(-c2ccccc2)nn2ccccc12. The fourth-order valence-electron chi connectivity index (χ4n) is 2.35. The molecule has 0 unspecified atom stereocenters. The largest absolute Gasteiger partial charge is 0.350 e. The maximum absolute atomic E-state index is 10.9. The third-order valence-electron chi connectivity index (χ3n) is 3.28. The minimum atomic E-state index is -0.697. The molecule has 22 heavy (non-hydrogen) atoms. The van der Waals surface area contributed by atoms with Crippen molar-refractivity contribution in [1.29, 1.82) is 0 Å². The second-order valence-corrected chi connectivity index (χ2v) is 4.79. The summed E-state index contributed by atoms with van der Waals surface area (Å²) in [6, 6.07) is 14.9. The van der Waals surface area contributed by atoms with Crippen LogP contribution in [0.25, 0.3) is 16.8 Å². The summed E-state index contributed by atoms with van der Waals surface area (Å²) in [7, 11) is 0. The number of rotatable bonds is 3. The molecule has 6 heteroatoms. The van der Waals surface area contributed by atoms with Crippen LogP contribution in [0.2, 0.25) is 0 Å². The summed E-state index contributed by atoms with van der Waals surface area (Å²) in [6.07, 6.45) is 1.88. The minimum Gasteiger partial charge on any atom is -0.350 e. The molecule has 3 N–H and O–H groups in total. The Hall–Kier alpha value is -3.15. The van der Waals surface area contributed by atoms with E-state index < -0.39 is 6.03 Å². The average Bonchev–Trinajstić information content (AvgIpc) is 2.93. The molecule has 0 aliphatic rings. The third-order valence-corrected chi connectivity index (χ3v) is 3.28. The highest BCUT2D eigenvalue weighted by molar-refractivity contribution is 6.09. The van der Waals surface area contributed by atoms with Gasteiger partial charge in [-0.15, -0.1) is 0 Å². The fraction of sp³-hybridized carbons (Fsp3) is 0.0625. The number of fused-ring (bicyclic) bond motifs is 1. The zero-order valence-corrected chi connectivity index (χ0v) is 12.0. The van der Waals surface area contributed by atoms with Gasteiger partial charge < -0.3 is 5.73 Å². The first-order valence-corrected chi connectivity index (χ1v) is 6.79.